The quantitative estimate of drug-likeness (QED) is 0.850. The molecule has 0 bridgehead atoms. The number of thiophene rings is 1. The second-order valence-corrected chi connectivity index (χ2v) is 6.02. The predicted molar refractivity (Wildman–Crippen MR) is 86.6 cm³/mol. The van der Waals surface area contributed by atoms with Crippen molar-refractivity contribution in [1.29, 1.82) is 0 Å². The van der Waals surface area contributed by atoms with E-state index in [1.165, 1.54) is 22.5 Å². The van der Waals surface area contributed by atoms with Gasteiger partial charge in [-0.15, -0.1) is 11.3 Å². The molecule has 2 rings (SSSR count). The Bertz CT molecular complexity index is 601. The van der Waals surface area contributed by atoms with Crippen molar-refractivity contribution in [2.24, 2.45) is 0 Å². The summed E-state index contributed by atoms with van der Waals surface area (Å²) < 4.78 is 0. The predicted octanol–water partition coefficient (Wildman–Crippen LogP) is 3.87. The van der Waals surface area contributed by atoms with Gasteiger partial charge in [0.05, 0.1) is 15.6 Å². The highest BCUT2D eigenvalue weighted by Gasteiger charge is 2.15. The molecule has 0 atom stereocenters. The van der Waals surface area contributed by atoms with E-state index in [9.17, 15) is 4.79 Å². The number of Topliss-reactive ketones (excluding diaryl/α,β-unsaturated/α-hetero) is 1. The number of benzene rings is 1. The topological polar surface area (TPSA) is 46.3 Å². The van der Waals surface area contributed by atoms with Gasteiger partial charge in [-0.25, -0.2) is 0 Å². The molecule has 3 nitrogen and oxygen atoms in total. The van der Waals surface area contributed by atoms with Gasteiger partial charge in [0.2, 0.25) is 0 Å². The second-order valence-electron chi connectivity index (χ2n) is 4.99. The lowest BCUT2D eigenvalue weighted by Crippen LogP contribution is -2.14. The first-order valence-electron chi connectivity index (χ1n) is 6.70. The summed E-state index contributed by atoms with van der Waals surface area (Å²) in [5, 5.41) is 1.03. The van der Waals surface area contributed by atoms with Crippen molar-refractivity contribution in [1.82, 2.24) is 0 Å². The van der Waals surface area contributed by atoms with E-state index >= 15 is 0 Å². The van der Waals surface area contributed by atoms with Gasteiger partial charge < -0.3 is 10.6 Å². The van der Waals surface area contributed by atoms with Crippen LogP contribution in [0.4, 0.5) is 10.7 Å². The normalized spacial score (nSPS) is 10.6. The van der Waals surface area contributed by atoms with E-state index in [2.05, 4.69) is 36.1 Å². The Labute approximate surface area is 124 Å². The molecule has 0 aliphatic carbocycles. The lowest BCUT2D eigenvalue weighted by molar-refractivity contribution is 0.0993. The molecule has 106 valence electrons. The van der Waals surface area contributed by atoms with E-state index in [1.54, 1.807) is 0 Å². The number of rotatable bonds is 5. The van der Waals surface area contributed by atoms with Crippen molar-refractivity contribution < 1.29 is 4.79 Å². The molecule has 0 spiro atoms. The van der Waals surface area contributed by atoms with Crippen LogP contribution in [0, 0.1) is 6.92 Å². The van der Waals surface area contributed by atoms with Crippen molar-refractivity contribution in [2.75, 3.05) is 17.7 Å². The molecule has 0 amide bonds. The number of nitrogens with zero attached hydrogens (tertiary/aromatic N) is 1. The van der Waals surface area contributed by atoms with Gasteiger partial charge in [0.1, 0.15) is 0 Å². The molecule has 4 heteroatoms. The summed E-state index contributed by atoms with van der Waals surface area (Å²) in [5.74, 6) is 0.113. The molecule has 1 heterocycles. The summed E-state index contributed by atoms with van der Waals surface area (Å²) in [5.41, 5.74) is 9.02. The monoisotopic (exact) mass is 288 g/mol. The van der Waals surface area contributed by atoms with Gasteiger partial charge >= 0.3 is 0 Å². The van der Waals surface area contributed by atoms with Gasteiger partial charge in [0.15, 0.2) is 5.78 Å². The van der Waals surface area contributed by atoms with E-state index in [0.29, 0.717) is 17.0 Å². The van der Waals surface area contributed by atoms with Crippen LogP contribution < -0.4 is 10.6 Å². The molecule has 20 heavy (non-hydrogen) atoms. The maximum Gasteiger partial charge on any atom is 0.174 e. The Hall–Kier alpha value is -1.81. The number of anilines is 2. The number of aryl methyl sites for hydroxylation is 1. The largest absolute Gasteiger partial charge is 0.397 e. The molecule has 0 fully saturated rings. The fourth-order valence-corrected chi connectivity index (χ4v) is 3.05. The standard InChI is InChI=1S/C16H20N2OS/c1-4-14(19)16-13(17)9-15(20-16)18(3)10-12-7-5-11(2)6-8-12/h5-9H,4,10,17H2,1-3H3. The average Bonchev–Trinajstić information content (AvgIpc) is 2.82. The van der Waals surface area contributed by atoms with Crippen LogP contribution in [0.5, 0.6) is 0 Å². The minimum Gasteiger partial charge on any atom is -0.397 e. The van der Waals surface area contributed by atoms with E-state index in [4.69, 9.17) is 5.73 Å². The van der Waals surface area contributed by atoms with Crippen LogP contribution in [0.2, 0.25) is 0 Å². The van der Waals surface area contributed by atoms with E-state index in [0.717, 1.165) is 11.5 Å². The fourth-order valence-electron chi connectivity index (χ4n) is 2.00. The van der Waals surface area contributed by atoms with Gasteiger partial charge in [0.25, 0.3) is 0 Å². The maximum absolute atomic E-state index is 11.8. The third-order valence-corrected chi connectivity index (χ3v) is 4.54. The highest BCUT2D eigenvalue weighted by atomic mass is 32.1. The van der Waals surface area contributed by atoms with Crippen molar-refractivity contribution in [3.63, 3.8) is 0 Å². The molecular weight excluding hydrogens is 268 g/mol. The molecule has 1 aromatic heterocycles. The van der Waals surface area contributed by atoms with E-state index in [-0.39, 0.29) is 5.78 Å². The summed E-state index contributed by atoms with van der Waals surface area (Å²) in [7, 11) is 2.02. The Morgan fingerprint density at radius 2 is 1.95 bits per heavy atom. The third kappa shape index (κ3) is 3.20. The van der Waals surface area contributed by atoms with Crippen LogP contribution in [0.25, 0.3) is 0 Å². The van der Waals surface area contributed by atoms with Crippen LogP contribution in [0.3, 0.4) is 0 Å². The number of nitrogen functional groups attached to an aromatic ring is 1. The summed E-state index contributed by atoms with van der Waals surface area (Å²) in [6.45, 7) is 4.74. The number of hydrogen-bond acceptors (Lipinski definition) is 4. The second kappa shape index (κ2) is 6.09. The van der Waals surface area contributed by atoms with Crippen LogP contribution in [-0.4, -0.2) is 12.8 Å². The lowest BCUT2D eigenvalue weighted by atomic mass is 10.1. The molecule has 0 saturated heterocycles. The van der Waals surface area contributed by atoms with E-state index in [1.807, 2.05) is 20.0 Å². The van der Waals surface area contributed by atoms with Gasteiger partial charge in [-0.1, -0.05) is 36.8 Å². The zero-order valence-corrected chi connectivity index (χ0v) is 13.0. The van der Waals surface area contributed by atoms with Gasteiger partial charge in [0, 0.05) is 20.0 Å². The highest BCUT2D eigenvalue weighted by molar-refractivity contribution is 7.18. The van der Waals surface area contributed by atoms with Crippen LogP contribution >= 0.6 is 11.3 Å². The Morgan fingerprint density at radius 1 is 1.30 bits per heavy atom. The molecule has 0 aliphatic rings. The van der Waals surface area contributed by atoms with Crippen LogP contribution in [-0.2, 0) is 6.54 Å². The minimum atomic E-state index is 0.113. The van der Waals surface area contributed by atoms with Gasteiger partial charge in [-0.3, -0.25) is 4.79 Å². The number of ketones is 1. The summed E-state index contributed by atoms with van der Waals surface area (Å²) in [6.07, 6.45) is 0.492. The first-order valence-corrected chi connectivity index (χ1v) is 7.52. The number of nitrogens with two attached hydrogens (primary N) is 1. The molecular formula is C16H20N2OS. The Kier molecular flexibility index (Phi) is 4.45. The third-order valence-electron chi connectivity index (χ3n) is 3.24. The van der Waals surface area contributed by atoms with Gasteiger partial charge in [-0.2, -0.15) is 0 Å². The zero-order chi connectivity index (χ0) is 14.7. The lowest BCUT2D eigenvalue weighted by Gasteiger charge is -2.17. The molecule has 0 radical (unpaired) electrons. The molecule has 1 aromatic carbocycles. The summed E-state index contributed by atoms with van der Waals surface area (Å²) in [4.78, 5) is 14.6. The zero-order valence-electron chi connectivity index (χ0n) is 12.1. The molecule has 2 N–H and O–H groups in total. The van der Waals surface area contributed by atoms with Crippen molar-refractivity contribution in [3.05, 3.63) is 46.3 Å². The first kappa shape index (κ1) is 14.6. The molecule has 0 unspecified atom stereocenters. The number of carbonyl (C=O) groups is 1. The first-order chi connectivity index (χ1) is 9.51. The maximum atomic E-state index is 11.8. The van der Waals surface area contributed by atoms with Crippen molar-refractivity contribution >= 4 is 27.8 Å². The number of hydrogen-bond donors (Lipinski definition) is 1. The smallest absolute Gasteiger partial charge is 0.174 e. The van der Waals surface area contributed by atoms with E-state index < -0.39 is 0 Å². The molecule has 2 aromatic rings. The molecule has 0 saturated carbocycles. The average molecular weight is 288 g/mol. The highest BCUT2D eigenvalue weighted by Crippen LogP contribution is 2.33. The molecule has 0 aliphatic heterocycles. The Morgan fingerprint density at radius 3 is 2.55 bits per heavy atom. The van der Waals surface area contributed by atoms with Crippen molar-refractivity contribution in [3.8, 4) is 0 Å². The van der Waals surface area contributed by atoms with Crippen molar-refractivity contribution in [2.45, 2.75) is 26.8 Å². The fraction of sp³-hybridized carbons (Fsp3) is 0.312. The summed E-state index contributed by atoms with van der Waals surface area (Å²) in [6, 6.07) is 10.4. The number of carbonyl (C=O) groups excluding carboxylic acids is 1. The van der Waals surface area contributed by atoms with Crippen LogP contribution in [0.15, 0.2) is 30.3 Å². The minimum absolute atomic E-state index is 0.113. The van der Waals surface area contributed by atoms with Crippen LogP contribution in [0.1, 0.15) is 34.1 Å². The summed E-state index contributed by atoms with van der Waals surface area (Å²) >= 11 is 1.47. The SMILES string of the molecule is CCC(=O)c1sc(N(C)Cc2ccc(C)cc2)cc1N. The Balaban J connectivity index is 2.15. The van der Waals surface area contributed by atoms with Gasteiger partial charge in [-0.05, 0) is 18.6 Å².